The number of primary amides is 1. The average molecular weight is 311 g/mol. The van der Waals surface area contributed by atoms with Gasteiger partial charge in [0.15, 0.2) is 0 Å². The third kappa shape index (κ3) is 3.55. The molecule has 23 heavy (non-hydrogen) atoms. The van der Waals surface area contributed by atoms with Crippen LogP contribution >= 0.6 is 0 Å². The van der Waals surface area contributed by atoms with E-state index in [0.29, 0.717) is 22.7 Å². The van der Waals surface area contributed by atoms with Crippen molar-refractivity contribution in [3.63, 3.8) is 0 Å². The third-order valence-electron chi connectivity index (χ3n) is 3.22. The summed E-state index contributed by atoms with van der Waals surface area (Å²) in [5.41, 5.74) is 6.92. The van der Waals surface area contributed by atoms with Crippen LogP contribution < -0.4 is 10.5 Å². The summed E-state index contributed by atoms with van der Waals surface area (Å²) < 4.78 is 20.4. The molecule has 5 nitrogen and oxygen atoms in total. The fourth-order valence-electron chi connectivity index (χ4n) is 2.10. The minimum atomic E-state index is -0.508. The molecule has 1 aromatic heterocycles. The molecule has 3 aromatic rings. The van der Waals surface area contributed by atoms with Gasteiger partial charge < -0.3 is 10.5 Å². The summed E-state index contributed by atoms with van der Waals surface area (Å²) in [7, 11) is 0. The van der Waals surface area contributed by atoms with Crippen molar-refractivity contribution < 1.29 is 13.9 Å². The van der Waals surface area contributed by atoms with E-state index < -0.39 is 5.91 Å². The number of ether oxygens (including phenoxy) is 1. The minimum absolute atomic E-state index is 0.227. The highest BCUT2D eigenvalue weighted by Gasteiger charge is 2.05. The fourth-order valence-corrected chi connectivity index (χ4v) is 2.10. The van der Waals surface area contributed by atoms with Crippen molar-refractivity contribution in [2.75, 3.05) is 0 Å². The van der Waals surface area contributed by atoms with Gasteiger partial charge in [-0.2, -0.15) is 5.10 Å². The number of benzene rings is 2. The summed E-state index contributed by atoms with van der Waals surface area (Å²) in [4.78, 5) is 11.1. The van der Waals surface area contributed by atoms with Gasteiger partial charge in [-0.05, 0) is 42.5 Å². The Hall–Kier alpha value is -3.15. The number of carbonyl (C=O) groups is 1. The molecule has 6 heteroatoms. The molecule has 0 unspecified atom stereocenters. The first-order valence-corrected chi connectivity index (χ1v) is 6.95. The predicted molar refractivity (Wildman–Crippen MR) is 82.8 cm³/mol. The molecule has 116 valence electrons. The topological polar surface area (TPSA) is 70.1 Å². The van der Waals surface area contributed by atoms with Crippen LogP contribution in [0.4, 0.5) is 4.39 Å². The third-order valence-corrected chi connectivity index (χ3v) is 3.22. The van der Waals surface area contributed by atoms with E-state index in [2.05, 4.69) is 5.10 Å². The highest BCUT2D eigenvalue weighted by Crippen LogP contribution is 2.15. The molecule has 3 rings (SSSR count). The van der Waals surface area contributed by atoms with Crippen LogP contribution in [-0.2, 0) is 6.61 Å². The number of nitrogens with zero attached hydrogens (tertiary/aromatic N) is 2. The minimum Gasteiger partial charge on any atom is -0.487 e. The van der Waals surface area contributed by atoms with Gasteiger partial charge in [-0.3, -0.25) is 4.79 Å². The first-order chi connectivity index (χ1) is 11.1. The van der Waals surface area contributed by atoms with Gasteiger partial charge in [0.2, 0.25) is 5.91 Å². The number of amides is 1. The van der Waals surface area contributed by atoms with E-state index in [9.17, 15) is 9.18 Å². The van der Waals surface area contributed by atoms with Crippen molar-refractivity contribution in [1.29, 1.82) is 0 Å². The largest absolute Gasteiger partial charge is 0.487 e. The summed E-state index contributed by atoms with van der Waals surface area (Å²) in [5.74, 6) is -0.300. The lowest BCUT2D eigenvalue weighted by Gasteiger charge is -2.05. The van der Waals surface area contributed by atoms with Crippen LogP contribution in [-0.4, -0.2) is 15.7 Å². The molecular formula is C17H14FN3O2. The smallest absolute Gasteiger partial charge is 0.248 e. The summed E-state index contributed by atoms with van der Waals surface area (Å²) in [6, 6.07) is 14.6. The molecule has 0 radical (unpaired) electrons. The Kier molecular flexibility index (Phi) is 4.05. The van der Waals surface area contributed by atoms with Crippen molar-refractivity contribution in [1.82, 2.24) is 9.78 Å². The van der Waals surface area contributed by atoms with Gasteiger partial charge in [0.05, 0.1) is 5.69 Å². The number of hydrogen-bond acceptors (Lipinski definition) is 3. The summed E-state index contributed by atoms with van der Waals surface area (Å²) in [6.07, 6.45) is 1.73. The highest BCUT2D eigenvalue weighted by atomic mass is 19.1. The number of carbonyl (C=O) groups excluding carboxylic acids is 1. The maximum Gasteiger partial charge on any atom is 0.248 e. The lowest BCUT2D eigenvalue weighted by atomic mass is 10.2. The zero-order chi connectivity index (χ0) is 16.2. The first kappa shape index (κ1) is 14.8. The van der Waals surface area contributed by atoms with Gasteiger partial charge in [-0.25, -0.2) is 9.07 Å². The molecule has 0 fully saturated rings. The number of halogens is 1. The molecular weight excluding hydrogens is 297 g/mol. The van der Waals surface area contributed by atoms with E-state index in [4.69, 9.17) is 10.5 Å². The standard InChI is InChI=1S/C17H14FN3O2/c18-13-4-2-5-15(10-13)21-8-7-14(20-21)11-23-16-6-1-3-12(9-16)17(19)22/h1-10H,11H2,(H2,19,22). The Labute approximate surface area is 132 Å². The van der Waals surface area contributed by atoms with Crippen LogP contribution in [0.15, 0.2) is 60.8 Å². The van der Waals surface area contributed by atoms with E-state index in [-0.39, 0.29) is 12.4 Å². The molecule has 2 N–H and O–H groups in total. The van der Waals surface area contributed by atoms with Gasteiger partial charge in [0, 0.05) is 11.8 Å². The average Bonchev–Trinajstić information content (AvgIpc) is 3.02. The van der Waals surface area contributed by atoms with Crippen molar-refractivity contribution >= 4 is 5.91 Å². The van der Waals surface area contributed by atoms with Gasteiger partial charge in [-0.1, -0.05) is 12.1 Å². The van der Waals surface area contributed by atoms with E-state index >= 15 is 0 Å². The molecule has 1 amide bonds. The Bertz CT molecular complexity index is 845. The fraction of sp³-hybridized carbons (Fsp3) is 0.0588. The predicted octanol–water partition coefficient (Wildman–Crippen LogP) is 2.69. The van der Waals surface area contributed by atoms with Crippen LogP contribution in [0.2, 0.25) is 0 Å². The lowest BCUT2D eigenvalue weighted by Crippen LogP contribution is -2.10. The molecule has 0 saturated heterocycles. The molecule has 0 spiro atoms. The Balaban J connectivity index is 1.70. The van der Waals surface area contributed by atoms with E-state index in [0.717, 1.165) is 0 Å². The second-order valence-electron chi connectivity index (χ2n) is 4.91. The molecule has 0 saturated carbocycles. The van der Waals surface area contributed by atoms with Crippen molar-refractivity contribution in [3.05, 3.63) is 77.9 Å². The van der Waals surface area contributed by atoms with Gasteiger partial charge in [0.25, 0.3) is 0 Å². The Morgan fingerprint density at radius 2 is 2.00 bits per heavy atom. The van der Waals surface area contributed by atoms with E-state index in [1.54, 1.807) is 53.3 Å². The quantitative estimate of drug-likeness (QED) is 0.787. The molecule has 0 aliphatic heterocycles. The number of nitrogens with two attached hydrogens (primary N) is 1. The summed E-state index contributed by atoms with van der Waals surface area (Å²) >= 11 is 0. The summed E-state index contributed by atoms with van der Waals surface area (Å²) in [5, 5.41) is 4.33. The normalized spacial score (nSPS) is 10.5. The van der Waals surface area contributed by atoms with E-state index in [1.165, 1.54) is 12.1 Å². The zero-order valence-electron chi connectivity index (χ0n) is 12.1. The van der Waals surface area contributed by atoms with Gasteiger partial charge in [-0.15, -0.1) is 0 Å². The van der Waals surface area contributed by atoms with Crippen molar-refractivity contribution in [2.24, 2.45) is 5.73 Å². The van der Waals surface area contributed by atoms with Crippen LogP contribution in [0.5, 0.6) is 5.75 Å². The van der Waals surface area contributed by atoms with Gasteiger partial charge >= 0.3 is 0 Å². The maximum absolute atomic E-state index is 13.2. The first-order valence-electron chi connectivity index (χ1n) is 6.95. The van der Waals surface area contributed by atoms with Crippen LogP contribution in [0.3, 0.4) is 0 Å². The van der Waals surface area contributed by atoms with Crippen molar-refractivity contribution in [2.45, 2.75) is 6.61 Å². The Morgan fingerprint density at radius 1 is 1.17 bits per heavy atom. The van der Waals surface area contributed by atoms with E-state index in [1.807, 2.05) is 0 Å². The molecule has 1 heterocycles. The lowest BCUT2D eigenvalue weighted by molar-refractivity contribution is 0.1000. The molecule has 0 aliphatic carbocycles. The maximum atomic E-state index is 13.2. The van der Waals surface area contributed by atoms with Crippen LogP contribution in [0.1, 0.15) is 16.1 Å². The zero-order valence-corrected chi connectivity index (χ0v) is 12.1. The van der Waals surface area contributed by atoms with Crippen molar-refractivity contribution in [3.8, 4) is 11.4 Å². The van der Waals surface area contributed by atoms with Crippen LogP contribution in [0, 0.1) is 5.82 Å². The number of rotatable bonds is 5. The molecule has 0 bridgehead atoms. The monoisotopic (exact) mass is 311 g/mol. The molecule has 0 aliphatic rings. The molecule has 2 aromatic carbocycles. The highest BCUT2D eigenvalue weighted by molar-refractivity contribution is 5.93. The SMILES string of the molecule is NC(=O)c1cccc(OCc2ccn(-c3cccc(F)c3)n2)c1. The number of hydrogen-bond donors (Lipinski definition) is 1. The van der Waals surface area contributed by atoms with Gasteiger partial charge in [0.1, 0.15) is 23.9 Å². The summed E-state index contributed by atoms with van der Waals surface area (Å²) in [6.45, 7) is 0.227. The second kappa shape index (κ2) is 6.31. The molecule has 0 atom stereocenters. The number of aromatic nitrogens is 2. The second-order valence-corrected chi connectivity index (χ2v) is 4.91. The Morgan fingerprint density at radius 3 is 2.78 bits per heavy atom. The van der Waals surface area contributed by atoms with Crippen LogP contribution in [0.25, 0.3) is 5.69 Å².